The Balaban J connectivity index is 1.63. The van der Waals surface area contributed by atoms with E-state index in [-0.39, 0.29) is 0 Å². The fraction of sp³-hybridized carbons (Fsp3) is 0.235. The molecule has 0 atom stereocenters. The van der Waals surface area contributed by atoms with Gasteiger partial charge in [0.05, 0.1) is 11.6 Å². The van der Waals surface area contributed by atoms with Gasteiger partial charge < -0.3 is 0 Å². The molecule has 1 aliphatic rings. The highest BCUT2D eigenvalue weighted by Gasteiger charge is 2.19. The number of hydrogen-bond acceptors (Lipinski definition) is 5. The lowest BCUT2D eigenvalue weighted by molar-refractivity contribution is 0.700. The molecule has 23 heavy (non-hydrogen) atoms. The molecule has 6 heteroatoms. The Morgan fingerprint density at radius 1 is 1.13 bits per heavy atom. The first-order valence-electron chi connectivity index (χ1n) is 7.71. The van der Waals surface area contributed by atoms with Crippen molar-refractivity contribution >= 4 is 46.9 Å². The van der Waals surface area contributed by atoms with E-state index >= 15 is 0 Å². The maximum Gasteiger partial charge on any atom is 0.158 e. The predicted octanol–water partition coefficient (Wildman–Crippen LogP) is 2.81. The summed E-state index contributed by atoms with van der Waals surface area (Å²) >= 11 is 1.79. The first kappa shape index (κ1) is 14.4. The van der Waals surface area contributed by atoms with E-state index in [0.29, 0.717) is 0 Å². The second-order valence-corrected chi connectivity index (χ2v) is 6.73. The van der Waals surface area contributed by atoms with Crippen LogP contribution in [0, 0.1) is 0 Å². The van der Waals surface area contributed by atoms with E-state index in [0.717, 1.165) is 39.9 Å². The second-order valence-electron chi connectivity index (χ2n) is 5.65. The molecule has 3 aromatic rings. The van der Waals surface area contributed by atoms with E-state index in [2.05, 4.69) is 20.5 Å². The van der Waals surface area contributed by atoms with Crippen LogP contribution in [0.4, 0.5) is 5.82 Å². The monoisotopic (exact) mass is 318 g/mol. The molecule has 1 N–H and O–H groups in total. The molecule has 4 nitrogen and oxygen atoms in total. The molecule has 0 spiro atoms. The molecule has 0 amide bonds. The van der Waals surface area contributed by atoms with Gasteiger partial charge in [-0.05, 0) is 36.8 Å². The van der Waals surface area contributed by atoms with E-state index in [1.807, 2.05) is 24.3 Å². The van der Waals surface area contributed by atoms with Crippen molar-refractivity contribution < 1.29 is 0 Å². The smallest absolute Gasteiger partial charge is 0.158 e. The fourth-order valence-corrected chi connectivity index (χ4v) is 4.15. The molecule has 4 rings (SSSR count). The van der Waals surface area contributed by atoms with Crippen LogP contribution in [-0.4, -0.2) is 24.0 Å². The van der Waals surface area contributed by atoms with Gasteiger partial charge in [-0.1, -0.05) is 29.7 Å². The lowest BCUT2D eigenvalue weighted by Crippen LogP contribution is -2.02. The van der Waals surface area contributed by atoms with Crippen LogP contribution in [-0.2, 0) is 12.8 Å². The van der Waals surface area contributed by atoms with Crippen LogP contribution < -0.4 is 10.9 Å². The van der Waals surface area contributed by atoms with Crippen molar-refractivity contribution in [3.05, 3.63) is 46.6 Å². The molecule has 0 fully saturated rings. The summed E-state index contributed by atoms with van der Waals surface area (Å²) in [6, 6.07) is 7.59. The summed E-state index contributed by atoms with van der Waals surface area (Å²) in [4.78, 5) is 11.3. The van der Waals surface area contributed by atoms with Crippen molar-refractivity contribution in [3.8, 4) is 0 Å². The predicted molar refractivity (Wildman–Crippen MR) is 97.1 cm³/mol. The molecule has 0 saturated heterocycles. The van der Waals surface area contributed by atoms with Gasteiger partial charge in [0.2, 0.25) is 0 Å². The van der Waals surface area contributed by atoms with Gasteiger partial charge in [0.15, 0.2) is 5.82 Å². The van der Waals surface area contributed by atoms with Gasteiger partial charge in [-0.25, -0.2) is 9.97 Å². The Morgan fingerprint density at radius 3 is 2.83 bits per heavy atom. The summed E-state index contributed by atoms with van der Waals surface area (Å²) in [6.07, 6.45) is 8.15. The average molecular weight is 318 g/mol. The highest BCUT2D eigenvalue weighted by molar-refractivity contribution is 7.19. The highest BCUT2D eigenvalue weighted by atomic mass is 32.1. The van der Waals surface area contributed by atoms with Crippen molar-refractivity contribution in [2.45, 2.75) is 25.7 Å². The summed E-state index contributed by atoms with van der Waals surface area (Å²) in [7, 11) is 5.69. The molecular formula is C17H15BN4S. The zero-order chi connectivity index (χ0) is 15.6. The molecule has 2 radical (unpaired) electrons. The van der Waals surface area contributed by atoms with Crippen LogP contribution in [0.1, 0.15) is 28.8 Å². The first-order valence-corrected chi connectivity index (χ1v) is 8.53. The number of thiophene rings is 1. The zero-order valence-electron chi connectivity index (χ0n) is 12.6. The van der Waals surface area contributed by atoms with Gasteiger partial charge in [0.25, 0.3) is 0 Å². The number of nitrogens with zero attached hydrogens (tertiary/aromatic N) is 3. The summed E-state index contributed by atoms with van der Waals surface area (Å²) in [5.41, 5.74) is 6.22. The molecule has 1 aliphatic carbocycles. The van der Waals surface area contributed by atoms with Crippen LogP contribution in [0.3, 0.4) is 0 Å². The second kappa shape index (κ2) is 6.12. The van der Waals surface area contributed by atoms with Gasteiger partial charge in [-0.15, -0.1) is 11.3 Å². The van der Waals surface area contributed by atoms with Gasteiger partial charge in [-0.2, -0.15) is 5.10 Å². The molecule has 0 bridgehead atoms. The SMILES string of the molecule is [B]c1ccc(/C=N\Nc2ncnc3sc4c(c23)CCCC4)cc1. The standard InChI is InChI=1S/C17H15BN4S/c18-12-7-5-11(6-8-12)9-21-22-16-15-13-3-1-2-4-14(13)23-17(15)20-10-19-16/h5-10H,1-4H2,(H,19,20,22)/b21-9-. The van der Waals surface area contributed by atoms with E-state index in [1.54, 1.807) is 23.9 Å². The molecule has 2 aromatic heterocycles. The number of hydrazone groups is 1. The van der Waals surface area contributed by atoms with Crippen LogP contribution in [0.25, 0.3) is 10.2 Å². The molecule has 112 valence electrons. The Labute approximate surface area is 140 Å². The van der Waals surface area contributed by atoms with Crippen molar-refractivity contribution in [1.29, 1.82) is 0 Å². The summed E-state index contributed by atoms with van der Waals surface area (Å²) in [5, 5.41) is 5.46. The fourth-order valence-electron chi connectivity index (χ4n) is 2.93. The van der Waals surface area contributed by atoms with Crippen LogP contribution in [0.15, 0.2) is 35.7 Å². The number of hydrogen-bond donors (Lipinski definition) is 1. The van der Waals surface area contributed by atoms with Crippen LogP contribution in [0.2, 0.25) is 0 Å². The third-order valence-corrected chi connectivity index (χ3v) is 5.27. The Bertz CT molecular complexity index is 870. The quantitative estimate of drug-likeness (QED) is 0.459. The lowest BCUT2D eigenvalue weighted by Gasteiger charge is -2.11. The van der Waals surface area contributed by atoms with E-state index in [9.17, 15) is 0 Å². The third-order valence-electron chi connectivity index (χ3n) is 4.07. The van der Waals surface area contributed by atoms with Crippen LogP contribution >= 0.6 is 11.3 Å². The summed E-state index contributed by atoms with van der Waals surface area (Å²) < 4.78 is 0. The first-order chi connectivity index (χ1) is 11.3. The normalized spacial score (nSPS) is 14.3. The topological polar surface area (TPSA) is 50.2 Å². The Hall–Kier alpha value is -2.21. The zero-order valence-corrected chi connectivity index (χ0v) is 13.4. The molecule has 1 aromatic carbocycles. The minimum Gasteiger partial charge on any atom is -0.261 e. The van der Waals surface area contributed by atoms with Gasteiger partial charge in [-0.3, -0.25) is 5.43 Å². The Morgan fingerprint density at radius 2 is 1.96 bits per heavy atom. The Kier molecular flexibility index (Phi) is 3.83. The molecule has 2 heterocycles. The number of fused-ring (bicyclic) bond motifs is 3. The number of nitrogens with one attached hydrogen (secondary N) is 1. The number of benzene rings is 1. The minimum absolute atomic E-state index is 0.748. The maximum atomic E-state index is 5.69. The largest absolute Gasteiger partial charge is 0.261 e. The number of anilines is 1. The van der Waals surface area contributed by atoms with Crippen molar-refractivity contribution in [2.24, 2.45) is 5.10 Å². The number of aryl methyl sites for hydroxylation is 2. The van der Waals surface area contributed by atoms with Gasteiger partial charge >= 0.3 is 0 Å². The van der Waals surface area contributed by atoms with Gasteiger partial charge in [0, 0.05) is 4.88 Å². The molecule has 0 aliphatic heterocycles. The lowest BCUT2D eigenvalue weighted by atomic mass is 9.96. The van der Waals surface area contributed by atoms with Crippen molar-refractivity contribution in [2.75, 3.05) is 5.43 Å². The van der Waals surface area contributed by atoms with Crippen LogP contribution in [0.5, 0.6) is 0 Å². The molecule has 0 saturated carbocycles. The van der Waals surface area contributed by atoms with Crippen molar-refractivity contribution in [1.82, 2.24) is 9.97 Å². The molecule has 0 unspecified atom stereocenters. The maximum absolute atomic E-state index is 5.69. The van der Waals surface area contributed by atoms with Crippen molar-refractivity contribution in [3.63, 3.8) is 0 Å². The number of aromatic nitrogens is 2. The summed E-state index contributed by atoms with van der Waals surface area (Å²) in [6.45, 7) is 0. The minimum atomic E-state index is 0.748. The average Bonchev–Trinajstić information content (AvgIpc) is 2.96. The molecular weight excluding hydrogens is 303 g/mol. The summed E-state index contributed by atoms with van der Waals surface area (Å²) in [5.74, 6) is 0.793. The van der Waals surface area contributed by atoms with Gasteiger partial charge in [0.1, 0.15) is 19.0 Å². The van der Waals surface area contributed by atoms with E-state index in [4.69, 9.17) is 7.85 Å². The highest BCUT2D eigenvalue weighted by Crippen LogP contribution is 2.37. The van der Waals surface area contributed by atoms with E-state index < -0.39 is 0 Å². The third kappa shape index (κ3) is 2.86. The van der Waals surface area contributed by atoms with E-state index in [1.165, 1.54) is 23.3 Å². The number of rotatable bonds is 3.